The van der Waals surface area contributed by atoms with Gasteiger partial charge in [0, 0.05) is 18.3 Å². The van der Waals surface area contributed by atoms with Crippen LogP contribution in [0, 0.1) is 5.82 Å². The average Bonchev–Trinajstić information content (AvgIpc) is 3.14. The number of aromatic nitrogens is 1. The van der Waals surface area contributed by atoms with Crippen LogP contribution in [0.4, 0.5) is 10.1 Å². The van der Waals surface area contributed by atoms with E-state index in [4.69, 9.17) is 11.6 Å². The molecule has 29 heavy (non-hydrogen) atoms. The first-order valence-electron chi connectivity index (χ1n) is 8.15. The van der Waals surface area contributed by atoms with Crippen molar-refractivity contribution in [2.45, 2.75) is 0 Å². The molecule has 7 nitrogen and oxygen atoms in total. The van der Waals surface area contributed by atoms with Gasteiger partial charge in [0.15, 0.2) is 0 Å². The number of allylic oxidation sites excluding steroid dienone is 1. The van der Waals surface area contributed by atoms with Gasteiger partial charge in [0.1, 0.15) is 11.5 Å². The van der Waals surface area contributed by atoms with E-state index in [0.29, 0.717) is 11.1 Å². The maximum atomic E-state index is 13.3. The van der Waals surface area contributed by atoms with Crippen LogP contribution in [0.5, 0.6) is 0 Å². The lowest BCUT2D eigenvalue weighted by molar-refractivity contribution is -0.113. The zero-order chi connectivity index (χ0) is 20.8. The summed E-state index contributed by atoms with van der Waals surface area (Å²) in [4.78, 5) is 16.9. The maximum Gasteiger partial charge on any atom is 0.345 e. The summed E-state index contributed by atoms with van der Waals surface area (Å²) in [6.45, 7) is 0. The van der Waals surface area contributed by atoms with E-state index in [1.165, 1.54) is 36.6 Å². The first-order chi connectivity index (χ1) is 13.7. The van der Waals surface area contributed by atoms with E-state index < -0.39 is 21.9 Å². The number of halogens is 2. The number of nitrogens with one attached hydrogen (secondary N) is 1. The number of carbonyl (C=O) groups is 1. The number of carbonyl (C=O) groups excluding carboxylic acids is 1. The minimum absolute atomic E-state index is 0.111. The van der Waals surface area contributed by atoms with Crippen molar-refractivity contribution in [3.63, 3.8) is 0 Å². The molecule has 1 aliphatic rings. The first-order valence-corrected chi connectivity index (χ1v) is 10.8. The molecule has 0 saturated carbocycles. The molecule has 0 radical (unpaired) electrons. The Morgan fingerprint density at radius 1 is 1.24 bits per heavy atom. The van der Waals surface area contributed by atoms with Gasteiger partial charge in [-0.05, 0) is 36.4 Å². The normalized spacial score (nSPS) is 15.8. The summed E-state index contributed by atoms with van der Waals surface area (Å²) in [6, 6.07) is 8.89. The molecule has 11 heteroatoms. The molecule has 3 aromatic rings. The van der Waals surface area contributed by atoms with E-state index in [2.05, 4.69) is 14.7 Å². The van der Waals surface area contributed by atoms with Crippen LogP contribution in [0.2, 0.25) is 5.02 Å². The van der Waals surface area contributed by atoms with E-state index in [-0.39, 0.29) is 22.1 Å². The third-order valence-corrected chi connectivity index (χ3v) is 6.62. The quantitative estimate of drug-likeness (QED) is 0.660. The fraction of sp³-hybridized carbons (Fsp3) is 0.0556. The van der Waals surface area contributed by atoms with E-state index in [1.54, 1.807) is 17.6 Å². The van der Waals surface area contributed by atoms with E-state index in [1.807, 2.05) is 6.07 Å². The predicted octanol–water partition coefficient (Wildman–Crippen LogP) is 3.59. The number of amides is 1. The largest absolute Gasteiger partial charge is 0.345 e. The number of hydrogen-bond donors (Lipinski definition) is 1. The van der Waals surface area contributed by atoms with Gasteiger partial charge in [-0.25, -0.2) is 13.7 Å². The number of fused-ring (bicyclic) bond motifs is 1. The molecule has 0 unspecified atom stereocenters. The second-order valence-corrected chi connectivity index (χ2v) is 8.99. The highest BCUT2D eigenvalue weighted by molar-refractivity contribution is 7.88. The number of hydrogen-bond acceptors (Lipinski definition) is 5. The number of likely N-dealkylation sites (N-methyl/N-ethyl adjacent to an activating group) is 1. The lowest BCUT2D eigenvalue weighted by Gasteiger charge is -2.23. The summed E-state index contributed by atoms with van der Waals surface area (Å²) in [5, 5.41) is 2.35. The average molecular weight is 451 g/mol. The van der Waals surface area contributed by atoms with Crippen LogP contribution >= 0.6 is 22.9 Å². The van der Waals surface area contributed by atoms with Gasteiger partial charge < -0.3 is 5.32 Å². The molecular weight excluding hydrogens is 439 g/mol. The van der Waals surface area contributed by atoms with E-state index in [9.17, 15) is 17.6 Å². The SMILES string of the molecule is CN1C(C(=O)Nc2ccc(F)c(Cl)c2)=CC(c2ccc3scnc3c2)=NS1(=O)=O. The summed E-state index contributed by atoms with van der Waals surface area (Å²) in [5.74, 6) is -1.34. The summed E-state index contributed by atoms with van der Waals surface area (Å²) < 4.78 is 43.8. The molecule has 1 aromatic heterocycles. The van der Waals surface area contributed by atoms with Crippen molar-refractivity contribution in [2.24, 2.45) is 4.40 Å². The molecular formula is C18H12ClFN4O3S2. The van der Waals surface area contributed by atoms with Gasteiger partial charge >= 0.3 is 10.2 Å². The van der Waals surface area contributed by atoms with Crippen LogP contribution in [0.1, 0.15) is 5.56 Å². The number of rotatable bonds is 3. The Morgan fingerprint density at radius 2 is 2.03 bits per heavy atom. The zero-order valence-corrected chi connectivity index (χ0v) is 17.1. The van der Waals surface area contributed by atoms with Gasteiger partial charge in [-0.15, -0.1) is 15.7 Å². The highest BCUT2D eigenvalue weighted by Gasteiger charge is 2.30. The zero-order valence-electron chi connectivity index (χ0n) is 14.8. The van der Waals surface area contributed by atoms with Crippen molar-refractivity contribution in [1.29, 1.82) is 0 Å². The summed E-state index contributed by atoms with van der Waals surface area (Å²) in [5.41, 5.74) is 3.08. The predicted molar refractivity (Wildman–Crippen MR) is 111 cm³/mol. The number of nitrogens with zero attached hydrogens (tertiary/aromatic N) is 3. The molecule has 0 aliphatic carbocycles. The highest BCUT2D eigenvalue weighted by atomic mass is 35.5. The molecule has 0 atom stereocenters. The Bertz CT molecular complexity index is 1320. The number of anilines is 1. The van der Waals surface area contributed by atoms with Crippen LogP contribution in [0.15, 0.2) is 58.1 Å². The summed E-state index contributed by atoms with van der Waals surface area (Å²) in [7, 11) is -2.89. The molecule has 4 rings (SSSR count). The summed E-state index contributed by atoms with van der Waals surface area (Å²) in [6.07, 6.45) is 1.37. The van der Waals surface area contributed by atoms with Crippen LogP contribution < -0.4 is 5.32 Å². The first kappa shape index (κ1) is 19.5. The van der Waals surface area contributed by atoms with Gasteiger partial charge in [-0.1, -0.05) is 17.7 Å². The van der Waals surface area contributed by atoms with Crippen LogP contribution in [0.3, 0.4) is 0 Å². The number of thiazole rings is 1. The second-order valence-electron chi connectivity index (χ2n) is 6.07. The van der Waals surface area contributed by atoms with Crippen LogP contribution in [-0.2, 0) is 15.0 Å². The van der Waals surface area contributed by atoms with Crippen molar-refractivity contribution in [3.8, 4) is 0 Å². The Kier molecular flexibility index (Phi) is 4.85. The van der Waals surface area contributed by atoms with Gasteiger partial charge in [-0.3, -0.25) is 4.79 Å². The number of benzene rings is 2. The molecule has 0 saturated heterocycles. The van der Waals surface area contributed by atoms with Crippen molar-refractivity contribution in [2.75, 3.05) is 12.4 Å². The van der Waals surface area contributed by atoms with E-state index >= 15 is 0 Å². The van der Waals surface area contributed by atoms with Gasteiger partial charge in [-0.2, -0.15) is 8.42 Å². The fourth-order valence-electron chi connectivity index (χ4n) is 2.69. The topological polar surface area (TPSA) is 91.7 Å². The molecule has 0 spiro atoms. The van der Waals surface area contributed by atoms with Crippen molar-refractivity contribution in [3.05, 3.63) is 70.1 Å². The molecule has 148 valence electrons. The Morgan fingerprint density at radius 3 is 2.79 bits per heavy atom. The molecule has 1 aliphatic heterocycles. The minimum atomic E-state index is -4.11. The molecule has 0 fully saturated rings. The third kappa shape index (κ3) is 3.74. The van der Waals surface area contributed by atoms with Gasteiger partial charge in [0.2, 0.25) is 0 Å². The van der Waals surface area contributed by atoms with Gasteiger partial charge in [0.25, 0.3) is 5.91 Å². The minimum Gasteiger partial charge on any atom is -0.321 e. The van der Waals surface area contributed by atoms with Crippen molar-refractivity contribution in [1.82, 2.24) is 9.29 Å². The smallest absolute Gasteiger partial charge is 0.321 e. The van der Waals surface area contributed by atoms with Crippen LogP contribution in [0.25, 0.3) is 10.2 Å². The standard InChI is InChI=1S/C18H12ClFN4O3S2/c1-24-16(18(25)22-11-3-4-13(20)12(19)7-11)8-14(23-29(24,26)27)10-2-5-17-15(6-10)21-9-28-17/h2-9H,1H3,(H,22,25). The highest BCUT2D eigenvalue weighted by Crippen LogP contribution is 2.25. The maximum absolute atomic E-state index is 13.3. The Labute approximate surface area is 174 Å². The van der Waals surface area contributed by atoms with Crippen molar-refractivity contribution >= 4 is 60.7 Å². The lowest BCUT2D eigenvalue weighted by Crippen LogP contribution is -2.35. The molecule has 1 N–H and O–H groups in total. The summed E-state index contributed by atoms with van der Waals surface area (Å²) >= 11 is 7.18. The fourth-order valence-corrected chi connectivity index (χ4v) is 4.44. The lowest BCUT2D eigenvalue weighted by atomic mass is 10.1. The third-order valence-electron chi connectivity index (χ3n) is 4.21. The van der Waals surface area contributed by atoms with Crippen LogP contribution in [-0.4, -0.2) is 36.4 Å². The Balaban J connectivity index is 1.71. The molecule has 1 amide bonds. The molecule has 0 bridgehead atoms. The molecule has 2 heterocycles. The Hall–Kier alpha value is -2.82. The second kappa shape index (κ2) is 7.21. The molecule has 2 aromatic carbocycles. The monoisotopic (exact) mass is 450 g/mol. The van der Waals surface area contributed by atoms with E-state index in [0.717, 1.165) is 15.1 Å². The van der Waals surface area contributed by atoms with Crippen molar-refractivity contribution < 1.29 is 17.6 Å². The van der Waals surface area contributed by atoms with Gasteiger partial charge in [0.05, 0.1) is 26.5 Å².